The smallest absolute Gasteiger partial charge is 0.216 e. The molecule has 0 saturated carbocycles. The Morgan fingerprint density at radius 1 is 1.53 bits per heavy atom. The molecule has 1 fully saturated rings. The molecule has 5 nitrogen and oxygen atoms in total. The Hall–Kier alpha value is -1.20. The van der Waals surface area contributed by atoms with Gasteiger partial charge in [-0.2, -0.15) is 0 Å². The Morgan fingerprint density at radius 3 is 3.11 bits per heavy atom. The number of nitrogens with one attached hydrogen (secondary N) is 1. The monoisotopic (exact) mass is 265 g/mol. The molecule has 1 aromatic rings. The summed E-state index contributed by atoms with van der Waals surface area (Å²) in [4.78, 5) is 8.41. The maximum Gasteiger partial charge on any atom is 0.216 e. The van der Waals surface area contributed by atoms with Crippen molar-refractivity contribution in [2.24, 2.45) is 0 Å². The molecule has 1 aromatic heterocycles. The van der Waals surface area contributed by atoms with E-state index in [2.05, 4.69) is 22.2 Å². The van der Waals surface area contributed by atoms with Gasteiger partial charge in [-0.05, 0) is 32.2 Å². The predicted octanol–water partition coefficient (Wildman–Crippen LogP) is 2.09. The van der Waals surface area contributed by atoms with Gasteiger partial charge in [0.25, 0.3) is 0 Å². The number of ether oxygens (including phenoxy) is 2. The molecule has 0 aliphatic carbocycles. The normalized spacial score (nSPS) is 20.4. The average molecular weight is 265 g/mol. The molecule has 2 atom stereocenters. The minimum atomic E-state index is 0.242. The number of rotatable bonds is 7. The van der Waals surface area contributed by atoms with Crippen molar-refractivity contribution in [1.29, 1.82) is 0 Å². The molecule has 0 aromatic carbocycles. The third kappa shape index (κ3) is 4.14. The molecular formula is C14H23N3O2. The summed E-state index contributed by atoms with van der Waals surface area (Å²) < 4.78 is 10.8. The average Bonchev–Trinajstić information content (AvgIpc) is 2.97. The van der Waals surface area contributed by atoms with Crippen LogP contribution in [0, 0.1) is 0 Å². The molecular weight excluding hydrogens is 242 g/mol. The Labute approximate surface area is 114 Å². The SMILES string of the molecule is CCNC(CCC1CCCO1)c1cc(OC)ncn1. The van der Waals surface area contributed by atoms with Gasteiger partial charge in [-0.15, -0.1) is 0 Å². The van der Waals surface area contributed by atoms with Crippen LogP contribution >= 0.6 is 0 Å². The van der Waals surface area contributed by atoms with Crippen LogP contribution in [0.2, 0.25) is 0 Å². The van der Waals surface area contributed by atoms with E-state index >= 15 is 0 Å². The molecule has 2 heterocycles. The fourth-order valence-corrected chi connectivity index (χ4v) is 2.48. The van der Waals surface area contributed by atoms with Gasteiger partial charge in [-0.3, -0.25) is 0 Å². The molecule has 0 radical (unpaired) electrons. The lowest BCUT2D eigenvalue weighted by molar-refractivity contribution is 0.0995. The molecule has 1 aliphatic heterocycles. The Balaban J connectivity index is 1.96. The van der Waals surface area contributed by atoms with Crippen LogP contribution in [0.1, 0.15) is 44.3 Å². The minimum absolute atomic E-state index is 0.242. The lowest BCUT2D eigenvalue weighted by atomic mass is 10.0. The van der Waals surface area contributed by atoms with E-state index in [4.69, 9.17) is 9.47 Å². The highest BCUT2D eigenvalue weighted by atomic mass is 16.5. The summed E-state index contributed by atoms with van der Waals surface area (Å²) in [6, 6.07) is 2.15. The van der Waals surface area contributed by atoms with Crippen LogP contribution in [0.5, 0.6) is 5.88 Å². The fourth-order valence-electron chi connectivity index (χ4n) is 2.48. The van der Waals surface area contributed by atoms with E-state index in [1.807, 2.05) is 6.07 Å². The second-order valence-electron chi connectivity index (χ2n) is 4.81. The van der Waals surface area contributed by atoms with Crippen molar-refractivity contribution in [3.63, 3.8) is 0 Å². The summed E-state index contributed by atoms with van der Waals surface area (Å²) in [6.07, 6.45) is 6.46. The van der Waals surface area contributed by atoms with Crippen molar-refractivity contribution in [3.05, 3.63) is 18.1 Å². The summed E-state index contributed by atoms with van der Waals surface area (Å²) >= 11 is 0. The zero-order valence-electron chi connectivity index (χ0n) is 11.8. The highest BCUT2D eigenvalue weighted by Gasteiger charge is 2.19. The first-order valence-corrected chi connectivity index (χ1v) is 7.04. The van der Waals surface area contributed by atoms with Gasteiger partial charge in [0, 0.05) is 18.7 Å². The molecule has 106 valence electrons. The summed E-state index contributed by atoms with van der Waals surface area (Å²) in [6.45, 7) is 3.94. The number of hydrogen-bond donors (Lipinski definition) is 1. The van der Waals surface area contributed by atoms with E-state index in [0.717, 1.165) is 31.7 Å². The molecule has 5 heteroatoms. The largest absolute Gasteiger partial charge is 0.481 e. The van der Waals surface area contributed by atoms with Crippen molar-refractivity contribution in [3.8, 4) is 5.88 Å². The van der Waals surface area contributed by atoms with Gasteiger partial charge in [0.05, 0.1) is 18.9 Å². The quantitative estimate of drug-likeness (QED) is 0.818. The van der Waals surface area contributed by atoms with Gasteiger partial charge < -0.3 is 14.8 Å². The van der Waals surface area contributed by atoms with E-state index < -0.39 is 0 Å². The van der Waals surface area contributed by atoms with Crippen LogP contribution in [0.25, 0.3) is 0 Å². The maximum atomic E-state index is 5.68. The number of methoxy groups -OCH3 is 1. The van der Waals surface area contributed by atoms with Gasteiger partial charge in [0.15, 0.2) is 0 Å². The van der Waals surface area contributed by atoms with Gasteiger partial charge >= 0.3 is 0 Å². The maximum absolute atomic E-state index is 5.68. The predicted molar refractivity (Wildman–Crippen MR) is 73.2 cm³/mol. The second kappa shape index (κ2) is 7.40. The van der Waals surface area contributed by atoms with Crippen LogP contribution in [-0.4, -0.2) is 36.3 Å². The highest BCUT2D eigenvalue weighted by Crippen LogP contribution is 2.24. The van der Waals surface area contributed by atoms with Crippen LogP contribution in [-0.2, 0) is 4.74 Å². The van der Waals surface area contributed by atoms with Crippen LogP contribution in [0.15, 0.2) is 12.4 Å². The van der Waals surface area contributed by atoms with Gasteiger partial charge in [0.1, 0.15) is 6.33 Å². The van der Waals surface area contributed by atoms with Crippen molar-refractivity contribution < 1.29 is 9.47 Å². The standard InChI is InChI=1S/C14H23N3O2/c1-3-15-12(7-6-11-5-4-8-19-11)13-9-14(18-2)17-10-16-13/h9-12,15H,3-8H2,1-2H3. The second-order valence-corrected chi connectivity index (χ2v) is 4.81. The highest BCUT2D eigenvalue weighted by molar-refractivity contribution is 5.16. The molecule has 0 amide bonds. The minimum Gasteiger partial charge on any atom is -0.481 e. The molecule has 19 heavy (non-hydrogen) atoms. The first-order valence-electron chi connectivity index (χ1n) is 7.04. The summed E-state index contributed by atoms with van der Waals surface area (Å²) in [5.41, 5.74) is 0.992. The number of aromatic nitrogens is 2. The van der Waals surface area contributed by atoms with E-state index in [1.54, 1.807) is 13.4 Å². The number of hydrogen-bond acceptors (Lipinski definition) is 5. The van der Waals surface area contributed by atoms with Crippen LogP contribution in [0.4, 0.5) is 0 Å². The van der Waals surface area contributed by atoms with E-state index in [-0.39, 0.29) is 6.04 Å². The first-order chi connectivity index (χ1) is 9.33. The first kappa shape index (κ1) is 14.2. The van der Waals surface area contributed by atoms with Crippen molar-refractivity contribution >= 4 is 0 Å². The van der Waals surface area contributed by atoms with Crippen molar-refractivity contribution in [2.45, 2.75) is 44.8 Å². The fraction of sp³-hybridized carbons (Fsp3) is 0.714. The van der Waals surface area contributed by atoms with Crippen molar-refractivity contribution in [1.82, 2.24) is 15.3 Å². The molecule has 2 rings (SSSR count). The van der Waals surface area contributed by atoms with Gasteiger partial charge in [0.2, 0.25) is 5.88 Å². The third-order valence-corrected chi connectivity index (χ3v) is 3.48. The Morgan fingerprint density at radius 2 is 2.42 bits per heavy atom. The molecule has 1 saturated heterocycles. The zero-order valence-corrected chi connectivity index (χ0v) is 11.8. The lowest BCUT2D eigenvalue weighted by Crippen LogP contribution is -2.23. The van der Waals surface area contributed by atoms with Crippen LogP contribution in [0.3, 0.4) is 0 Å². The lowest BCUT2D eigenvalue weighted by Gasteiger charge is -2.19. The van der Waals surface area contributed by atoms with Crippen molar-refractivity contribution in [2.75, 3.05) is 20.3 Å². The topological polar surface area (TPSA) is 56.3 Å². The zero-order chi connectivity index (χ0) is 13.5. The van der Waals surface area contributed by atoms with Gasteiger partial charge in [-0.1, -0.05) is 6.92 Å². The summed E-state index contributed by atoms with van der Waals surface area (Å²) in [5.74, 6) is 0.616. The van der Waals surface area contributed by atoms with E-state index in [1.165, 1.54) is 12.8 Å². The molecule has 0 spiro atoms. The molecule has 0 bridgehead atoms. The molecule has 2 unspecified atom stereocenters. The molecule has 1 N–H and O–H groups in total. The third-order valence-electron chi connectivity index (χ3n) is 3.48. The van der Waals surface area contributed by atoms with Gasteiger partial charge in [-0.25, -0.2) is 9.97 Å². The Bertz CT molecular complexity index is 381. The number of nitrogens with zero attached hydrogens (tertiary/aromatic N) is 2. The molecule has 1 aliphatic rings. The Kier molecular flexibility index (Phi) is 5.54. The van der Waals surface area contributed by atoms with Crippen LogP contribution < -0.4 is 10.1 Å². The summed E-state index contributed by atoms with van der Waals surface area (Å²) in [7, 11) is 1.63. The summed E-state index contributed by atoms with van der Waals surface area (Å²) in [5, 5.41) is 3.47. The van der Waals surface area contributed by atoms with E-state index in [9.17, 15) is 0 Å². The van der Waals surface area contributed by atoms with E-state index in [0.29, 0.717) is 12.0 Å².